The van der Waals surface area contributed by atoms with Gasteiger partial charge in [-0.2, -0.15) is 0 Å². The average Bonchev–Trinajstić information content (AvgIpc) is 2.99. The molecule has 2 aromatic rings. The molecule has 2 aromatic heterocycles. The molecule has 6 nitrogen and oxygen atoms in total. The van der Waals surface area contributed by atoms with Gasteiger partial charge >= 0.3 is 0 Å². The van der Waals surface area contributed by atoms with Gasteiger partial charge in [-0.3, -0.25) is 4.79 Å². The molecule has 7 heteroatoms. The average molecular weight is 279 g/mol. The van der Waals surface area contributed by atoms with E-state index in [2.05, 4.69) is 9.97 Å². The van der Waals surface area contributed by atoms with Crippen molar-refractivity contribution in [2.24, 2.45) is 12.8 Å². The maximum atomic E-state index is 12.2. The van der Waals surface area contributed by atoms with E-state index in [4.69, 9.17) is 5.73 Å². The first-order valence-corrected chi connectivity index (χ1v) is 6.86. The first-order chi connectivity index (χ1) is 9.11. The van der Waals surface area contributed by atoms with E-state index in [9.17, 15) is 4.79 Å². The monoisotopic (exact) mass is 279 g/mol. The van der Waals surface area contributed by atoms with E-state index < -0.39 is 0 Å². The van der Waals surface area contributed by atoms with E-state index in [0.29, 0.717) is 25.2 Å². The van der Waals surface area contributed by atoms with Gasteiger partial charge in [-0.1, -0.05) is 0 Å². The topological polar surface area (TPSA) is 77.0 Å². The fourth-order valence-electron chi connectivity index (χ4n) is 1.68. The Labute approximate surface area is 115 Å². The van der Waals surface area contributed by atoms with Gasteiger partial charge in [0.15, 0.2) is 0 Å². The molecule has 0 spiro atoms. The number of carbonyl (C=O) groups is 1. The number of hydrogen-bond acceptors (Lipinski definition) is 5. The molecule has 0 radical (unpaired) electrons. The van der Waals surface area contributed by atoms with Crippen LogP contribution in [0.1, 0.15) is 21.3 Å². The highest BCUT2D eigenvalue weighted by Crippen LogP contribution is 2.12. The number of hydrogen-bond donors (Lipinski definition) is 1. The summed E-state index contributed by atoms with van der Waals surface area (Å²) in [6, 6.07) is 0. The quantitative estimate of drug-likeness (QED) is 0.872. The lowest BCUT2D eigenvalue weighted by Crippen LogP contribution is -2.27. The third-order valence-corrected chi connectivity index (χ3v) is 3.68. The minimum absolute atomic E-state index is 0.0949. The third-order valence-electron chi connectivity index (χ3n) is 2.78. The minimum atomic E-state index is -0.0949. The van der Waals surface area contributed by atoms with Gasteiger partial charge in [-0.25, -0.2) is 9.97 Å². The molecular formula is C12H17N5OS. The molecule has 0 aliphatic heterocycles. The molecule has 0 aliphatic rings. The number of aromatic nitrogens is 3. The Balaban J connectivity index is 2.04. The molecule has 0 aromatic carbocycles. The zero-order valence-electron chi connectivity index (χ0n) is 11.0. The van der Waals surface area contributed by atoms with Crippen LogP contribution in [-0.4, -0.2) is 38.9 Å². The standard InChI is InChI=1S/C12H17N5OS/c1-16-6-5-14-10(16)7-17(2)12(18)9-8-19-11(15-9)3-4-13/h5-6,8H,3-4,7,13H2,1-2H3. The van der Waals surface area contributed by atoms with E-state index in [-0.39, 0.29) is 5.91 Å². The lowest BCUT2D eigenvalue weighted by atomic mass is 10.4. The number of amides is 1. The van der Waals surface area contributed by atoms with Gasteiger partial charge in [0.1, 0.15) is 11.5 Å². The van der Waals surface area contributed by atoms with Crippen LogP contribution in [0.3, 0.4) is 0 Å². The molecule has 2 N–H and O–H groups in total. The Hall–Kier alpha value is -1.73. The van der Waals surface area contributed by atoms with Crippen LogP contribution in [0.4, 0.5) is 0 Å². The fraction of sp³-hybridized carbons (Fsp3) is 0.417. The number of thiazole rings is 1. The summed E-state index contributed by atoms with van der Waals surface area (Å²) in [6.45, 7) is 1.01. The van der Waals surface area contributed by atoms with Crippen molar-refractivity contribution in [2.75, 3.05) is 13.6 Å². The van der Waals surface area contributed by atoms with E-state index in [1.54, 1.807) is 23.5 Å². The molecule has 0 fully saturated rings. The van der Waals surface area contributed by atoms with E-state index >= 15 is 0 Å². The molecule has 19 heavy (non-hydrogen) atoms. The van der Waals surface area contributed by atoms with Crippen LogP contribution in [0.5, 0.6) is 0 Å². The number of carbonyl (C=O) groups excluding carboxylic acids is 1. The predicted molar refractivity (Wildman–Crippen MR) is 73.9 cm³/mol. The Morgan fingerprint density at radius 3 is 3.00 bits per heavy atom. The molecule has 1 amide bonds. The van der Waals surface area contributed by atoms with Crippen molar-refractivity contribution in [3.63, 3.8) is 0 Å². The lowest BCUT2D eigenvalue weighted by Gasteiger charge is -2.15. The number of rotatable bonds is 5. The highest BCUT2D eigenvalue weighted by atomic mass is 32.1. The second-order valence-electron chi connectivity index (χ2n) is 4.28. The van der Waals surface area contributed by atoms with Crippen LogP contribution in [0, 0.1) is 0 Å². The van der Waals surface area contributed by atoms with Gasteiger partial charge < -0.3 is 15.2 Å². The summed E-state index contributed by atoms with van der Waals surface area (Å²) in [7, 11) is 3.65. The van der Waals surface area contributed by atoms with Crippen LogP contribution in [0.15, 0.2) is 17.8 Å². The summed E-state index contributed by atoms with van der Waals surface area (Å²) in [5.74, 6) is 0.746. The summed E-state index contributed by atoms with van der Waals surface area (Å²) < 4.78 is 1.89. The molecule has 2 heterocycles. The highest BCUT2D eigenvalue weighted by molar-refractivity contribution is 7.09. The largest absolute Gasteiger partial charge is 0.337 e. The summed E-state index contributed by atoms with van der Waals surface area (Å²) in [4.78, 5) is 22.3. The van der Waals surface area contributed by atoms with Crippen LogP contribution >= 0.6 is 11.3 Å². The molecular weight excluding hydrogens is 262 g/mol. The summed E-state index contributed by atoms with van der Waals surface area (Å²) >= 11 is 1.47. The van der Waals surface area contributed by atoms with E-state index in [1.165, 1.54) is 11.3 Å². The normalized spacial score (nSPS) is 10.7. The number of nitrogens with two attached hydrogens (primary N) is 1. The Bertz CT molecular complexity index is 562. The van der Waals surface area contributed by atoms with Gasteiger partial charge in [0.05, 0.1) is 11.6 Å². The van der Waals surface area contributed by atoms with Crippen molar-refractivity contribution in [1.82, 2.24) is 19.4 Å². The van der Waals surface area contributed by atoms with Crippen molar-refractivity contribution in [3.05, 3.63) is 34.3 Å². The molecule has 0 unspecified atom stereocenters. The van der Waals surface area contributed by atoms with Crippen LogP contribution in [0.2, 0.25) is 0 Å². The third kappa shape index (κ3) is 3.18. The smallest absolute Gasteiger partial charge is 0.273 e. The van der Waals surface area contributed by atoms with Crippen LogP contribution in [0.25, 0.3) is 0 Å². The SMILES string of the molecule is CN(Cc1nccn1C)C(=O)c1csc(CCN)n1. The van der Waals surface area contributed by atoms with Gasteiger partial charge in [0.2, 0.25) is 0 Å². The summed E-state index contributed by atoms with van der Waals surface area (Å²) in [6.07, 6.45) is 4.28. The zero-order valence-corrected chi connectivity index (χ0v) is 11.9. The van der Waals surface area contributed by atoms with Crippen molar-refractivity contribution in [2.45, 2.75) is 13.0 Å². The predicted octanol–water partition coefficient (Wildman–Crippen LogP) is 0.650. The second-order valence-corrected chi connectivity index (χ2v) is 5.22. The molecule has 0 aliphatic carbocycles. The van der Waals surface area contributed by atoms with Crippen LogP contribution in [-0.2, 0) is 20.0 Å². The molecule has 102 valence electrons. The molecule has 0 bridgehead atoms. The van der Waals surface area contributed by atoms with Crippen molar-refractivity contribution < 1.29 is 4.79 Å². The maximum absolute atomic E-state index is 12.2. The van der Waals surface area contributed by atoms with Gasteiger partial charge in [0, 0.05) is 38.3 Å². The van der Waals surface area contributed by atoms with Crippen LogP contribution < -0.4 is 5.73 Å². The first kappa shape index (κ1) is 13.7. The molecule has 0 atom stereocenters. The Morgan fingerprint density at radius 1 is 1.58 bits per heavy atom. The minimum Gasteiger partial charge on any atom is -0.337 e. The Morgan fingerprint density at radius 2 is 2.37 bits per heavy atom. The van der Waals surface area contributed by atoms with E-state index in [1.807, 2.05) is 17.8 Å². The number of nitrogens with zero attached hydrogens (tertiary/aromatic N) is 4. The van der Waals surface area contributed by atoms with Gasteiger partial charge in [0.25, 0.3) is 5.91 Å². The van der Waals surface area contributed by atoms with Crippen molar-refractivity contribution >= 4 is 17.2 Å². The zero-order chi connectivity index (χ0) is 13.8. The second kappa shape index (κ2) is 5.94. The highest BCUT2D eigenvalue weighted by Gasteiger charge is 2.16. The number of aryl methyl sites for hydroxylation is 1. The molecule has 0 saturated carbocycles. The van der Waals surface area contributed by atoms with Gasteiger partial charge in [-0.15, -0.1) is 11.3 Å². The van der Waals surface area contributed by atoms with Gasteiger partial charge in [-0.05, 0) is 6.54 Å². The summed E-state index contributed by atoms with van der Waals surface area (Å²) in [5, 5.41) is 2.68. The van der Waals surface area contributed by atoms with Crippen molar-refractivity contribution in [1.29, 1.82) is 0 Å². The molecule has 0 saturated heterocycles. The maximum Gasteiger partial charge on any atom is 0.273 e. The van der Waals surface area contributed by atoms with Crippen molar-refractivity contribution in [3.8, 4) is 0 Å². The molecule has 2 rings (SSSR count). The number of imidazole rings is 1. The Kier molecular flexibility index (Phi) is 4.28. The van der Waals surface area contributed by atoms with E-state index in [0.717, 1.165) is 10.8 Å². The first-order valence-electron chi connectivity index (χ1n) is 5.98. The summed E-state index contributed by atoms with van der Waals surface area (Å²) in [5.41, 5.74) is 5.95. The fourth-order valence-corrected chi connectivity index (χ4v) is 2.46. The lowest BCUT2D eigenvalue weighted by molar-refractivity contribution is 0.0775.